The molecule has 1 fully saturated rings. The molecule has 3 aromatic heterocycles. The lowest BCUT2D eigenvalue weighted by molar-refractivity contribution is -0.142. The van der Waals surface area contributed by atoms with Crippen molar-refractivity contribution in [2.24, 2.45) is 0 Å². The number of hydrogen-bond donors (Lipinski definition) is 2. The van der Waals surface area contributed by atoms with E-state index in [4.69, 9.17) is 4.74 Å². The second kappa shape index (κ2) is 6.74. The highest BCUT2D eigenvalue weighted by Gasteiger charge is 2.34. The fourth-order valence-electron chi connectivity index (χ4n) is 2.99. The number of morpholine rings is 1. The van der Waals surface area contributed by atoms with Crippen LogP contribution < -0.4 is 5.69 Å². The lowest BCUT2D eigenvalue weighted by Gasteiger charge is -2.33. The summed E-state index contributed by atoms with van der Waals surface area (Å²) in [5.41, 5.74) is 0.445. The van der Waals surface area contributed by atoms with Crippen LogP contribution in [0.4, 0.5) is 13.2 Å². The predicted molar refractivity (Wildman–Crippen MR) is 87.4 cm³/mol. The van der Waals surface area contributed by atoms with Crippen molar-refractivity contribution in [1.82, 2.24) is 34.6 Å². The average Bonchev–Trinajstić information content (AvgIpc) is 3.24. The van der Waals surface area contributed by atoms with E-state index in [1.54, 1.807) is 0 Å². The van der Waals surface area contributed by atoms with Crippen LogP contribution in [-0.4, -0.2) is 66.5 Å². The molecule has 2 N–H and O–H groups in total. The van der Waals surface area contributed by atoms with Crippen LogP contribution in [0.25, 0.3) is 11.2 Å². The molecule has 148 valence electrons. The van der Waals surface area contributed by atoms with Crippen molar-refractivity contribution in [1.29, 1.82) is 0 Å². The first-order valence-corrected chi connectivity index (χ1v) is 8.23. The Hall–Kier alpha value is -3.22. The summed E-state index contributed by atoms with van der Waals surface area (Å²) >= 11 is 0. The van der Waals surface area contributed by atoms with Crippen LogP contribution in [0.2, 0.25) is 0 Å². The number of nitrogens with zero attached hydrogens (tertiary/aromatic N) is 5. The number of nitrogens with one attached hydrogen (secondary N) is 2. The molecule has 1 atom stereocenters. The van der Waals surface area contributed by atoms with E-state index in [2.05, 4.69) is 25.0 Å². The molecular formula is C15H14F3N7O3. The molecule has 1 unspecified atom stereocenters. The number of amides is 1. The molecule has 1 aliphatic heterocycles. The van der Waals surface area contributed by atoms with E-state index < -0.39 is 30.4 Å². The van der Waals surface area contributed by atoms with Gasteiger partial charge < -0.3 is 14.6 Å². The van der Waals surface area contributed by atoms with Crippen LogP contribution in [0.15, 0.2) is 23.4 Å². The van der Waals surface area contributed by atoms with Crippen LogP contribution in [0, 0.1) is 0 Å². The summed E-state index contributed by atoms with van der Waals surface area (Å²) in [6, 6.07) is 0.738. The number of halogens is 3. The van der Waals surface area contributed by atoms with Gasteiger partial charge in [-0.25, -0.2) is 19.4 Å². The number of imidazole rings is 1. The Morgan fingerprint density at radius 1 is 1.32 bits per heavy atom. The third-order valence-electron chi connectivity index (χ3n) is 4.20. The van der Waals surface area contributed by atoms with Gasteiger partial charge in [-0.2, -0.15) is 18.3 Å². The van der Waals surface area contributed by atoms with E-state index in [-0.39, 0.29) is 31.1 Å². The Kier molecular flexibility index (Phi) is 4.37. The molecule has 0 spiro atoms. The standard InChI is InChI=1S/C15H14F3N7O3/c16-15(17,18)6-24-7-20-12(23-24)10-5-28-2-1-25(10)13(26)8-3-9-11(19-4-8)22-14(27)21-9/h3-4,7,10H,1-2,5-6H2,(H2,19,21,22,27). The van der Waals surface area contributed by atoms with Crippen LogP contribution >= 0.6 is 0 Å². The Morgan fingerprint density at radius 3 is 2.93 bits per heavy atom. The summed E-state index contributed by atoms with van der Waals surface area (Å²) < 4.78 is 43.6. The second-order valence-corrected chi connectivity index (χ2v) is 6.20. The van der Waals surface area contributed by atoms with Crippen LogP contribution in [0.5, 0.6) is 0 Å². The van der Waals surface area contributed by atoms with Crippen molar-refractivity contribution in [2.75, 3.05) is 19.8 Å². The normalized spacial score (nSPS) is 18.0. The number of rotatable bonds is 3. The van der Waals surface area contributed by atoms with Crippen molar-refractivity contribution in [3.63, 3.8) is 0 Å². The molecule has 0 aromatic carbocycles. The average molecular weight is 397 g/mol. The first kappa shape index (κ1) is 18.2. The van der Waals surface area contributed by atoms with Gasteiger partial charge in [0.25, 0.3) is 5.91 Å². The molecule has 1 aliphatic rings. The van der Waals surface area contributed by atoms with Gasteiger partial charge in [0.1, 0.15) is 18.9 Å². The maximum absolute atomic E-state index is 13.0. The lowest BCUT2D eigenvalue weighted by atomic mass is 10.1. The van der Waals surface area contributed by atoms with Gasteiger partial charge in [0.2, 0.25) is 0 Å². The highest BCUT2D eigenvalue weighted by molar-refractivity contribution is 5.96. The predicted octanol–water partition coefficient (Wildman–Crippen LogP) is 0.619. The van der Waals surface area contributed by atoms with E-state index in [0.29, 0.717) is 15.8 Å². The quantitative estimate of drug-likeness (QED) is 0.668. The summed E-state index contributed by atoms with van der Waals surface area (Å²) in [6.07, 6.45) is -2.15. The van der Waals surface area contributed by atoms with Crippen molar-refractivity contribution < 1.29 is 22.7 Å². The third-order valence-corrected chi connectivity index (χ3v) is 4.20. The van der Waals surface area contributed by atoms with Crippen molar-refractivity contribution in [3.05, 3.63) is 40.5 Å². The van der Waals surface area contributed by atoms with E-state index in [1.807, 2.05) is 0 Å². The van der Waals surface area contributed by atoms with E-state index in [0.717, 1.165) is 6.33 Å². The highest BCUT2D eigenvalue weighted by atomic mass is 19.4. The maximum atomic E-state index is 13.0. The molecule has 10 nitrogen and oxygen atoms in total. The summed E-state index contributed by atoms with van der Waals surface area (Å²) in [6.45, 7) is -0.747. The van der Waals surface area contributed by atoms with Gasteiger partial charge >= 0.3 is 11.9 Å². The van der Waals surface area contributed by atoms with Gasteiger partial charge in [-0.15, -0.1) is 0 Å². The number of aromatic nitrogens is 6. The van der Waals surface area contributed by atoms with Crippen LogP contribution in [0.3, 0.4) is 0 Å². The maximum Gasteiger partial charge on any atom is 0.408 e. The summed E-state index contributed by atoms with van der Waals surface area (Å²) in [4.78, 5) is 38.7. The van der Waals surface area contributed by atoms with E-state index in [1.165, 1.54) is 17.2 Å². The lowest BCUT2D eigenvalue weighted by Crippen LogP contribution is -2.44. The molecule has 13 heteroatoms. The van der Waals surface area contributed by atoms with E-state index in [9.17, 15) is 22.8 Å². The van der Waals surface area contributed by atoms with Gasteiger partial charge in [0.05, 0.1) is 24.3 Å². The Balaban J connectivity index is 1.60. The Morgan fingerprint density at radius 2 is 2.14 bits per heavy atom. The fraction of sp³-hybridized carbons (Fsp3) is 0.400. The molecule has 4 heterocycles. The smallest absolute Gasteiger partial charge is 0.377 e. The number of ether oxygens (including phenoxy) is 1. The first-order chi connectivity index (χ1) is 13.3. The SMILES string of the molecule is O=C(c1cnc2[nH]c(=O)[nH]c2c1)N1CCOCC1c1ncn(CC(F)(F)F)n1. The van der Waals surface area contributed by atoms with Crippen molar-refractivity contribution in [2.45, 2.75) is 18.8 Å². The minimum atomic E-state index is -4.43. The number of H-pyrrole nitrogens is 2. The molecule has 0 bridgehead atoms. The van der Waals surface area contributed by atoms with Gasteiger partial charge in [-0.3, -0.25) is 9.78 Å². The van der Waals surface area contributed by atoms with E-state index >= 15 is 0 Å². The fourth-order valence-corrected chi connectivity index (χ4v) is 2.99. The highest BCUT2D eigenvalue weighted by Crippen LogP contribution is 2.24. The number of carbonyl (C=O) groups excluding carboxylic acids is 1. The van der Waals surface area contributed by atoms with Gasteiger partial charge in [-0.1, -0.05) is 0 Å². The minimum Gasteiger partial charge on any atom is -0.377 e. The Bertz CT molecular complexity index is 1070. The summed E-state index contributed by atoms with van der Waals surface area (Å²) in [7, 11) is 0. The van der Waals surface area contributed by atoms with Crippen LogP contribution in [-0.2, 0) is 11.3 Å². The van der Waals surface area contributed by atoms with Crippen LogP contribution in [0.1, 0.15) is 22.2 Å². The molecule has 4 rings (SSSR count). The van der Waals surface area contributed by atoms with Crippen molar-refractivity contribution in [3.8, 4) is 0 Å². The van der Waals surface area contributed by atoms with Gasteiger partial charge in [0.15, 0.2) is 11.5 Å². The monoisotopic (exact) mass is 397 g/mol. The summed E-state index contributed by atoms with van der Waals surface area (Å²) in [5, 5.41) is 3.84. The molecule has 3 aromatic rings. The molecule has 1 amide bonds. The largest absolute Gasteiger partial charge is 0.408 e. The number of pyridine rings is 1. The minimum absolute atomic E-state index is 0.0540. The van der Waals surface area contributed by atoms with Crippen molar-refractivity contribution >= 4 is 17.1 Å². The number of carbonyl (C=O) groups is 1. The topological polar surface area (TPSA) is 122 Å². The first-order valence-electron chi connectivity index (χ1n) is 8.23. The molecule has 28 heavy (non-hydrogen) atoms. The molecule has 0 radical (unpaired) electrons. The molecule has 1 saturated heterocycles. The number of hydrogen-bond acceptors (Lipinski definition) is 6. The van der Waals surface area contributed by atoms with Gasteiger partial charge in [-0.05, 0) is 6.07 Å². The molecule has 0 saturated carbocycles. The number of aromatic amines is 2. The summed E-state index contributed by atoms with van der Waals surface area (Å²) in [5.74, 6) is -0.363. The molecule has 0 aliphatic carbocycles. The van der Waals surface area contributed by atoms with Gasteiger partial charge in [0, 0.05) is 12.7 Å². The molecular weight excluding hydrogens is 383 g/mol. The number of fused-ring (bicyclic) bond motifs is 1. The zero-order valence-corrected chi connectivity index (χ0v) is 14.2. The zero-order chi connectivity index (χ0) is 19.9. The Labute approximate surface area is 154 Å². The number of alkyl halides is 3. The second-order valence-electron chi connectivity index (χ2n) is 6.20. The zero-order valence-electron chi connectivity index (χ0n) is 14.2. The third kappa shape index (κ3) is 3.60.